The van der Waals surface area contributed by atoms with E-state index in [4.69, 9.17) is 4.74 Å². The molecule has 0 aliphatic carbocycles. The molecule has 1 aliphatic heterocycles. The molecule has 0 radical (unpaired) electrons. The third-order valence-electron chi connectivity index (χ3n) is 4.21. The lowest BCUT2D eigenvalue weighted by Crippen LogP contribution is -2.42. The van der Waals surface area contributed by atoms with Gasteiger partial charge in [0.05, 0.1) is 6.61 Å². The topological polar surface area (TPSA) is 76.5 Å². The Bertz CT molecular complexity index is 742. The third-order valence-corrected chi connectivity index (χ3v) is 4.21. The first kappa shape index (κ1) is 17.2. The van der Waals surface area contributed by atoms with E-state index in [2.05, 4.69) is 10.3 Å². The number of hydrogen-bond donors (Lipinski definition) is 1. The molecule has 25 heavy (non-hydrogen) atoms. The number of amides is 2. The molecule has 1 aromatic heterocycles. The van der Waals surface area contributed by atoms with Crippen molar-refractivity contribution in [3.8, 4) is 0 Å². The van der Waals surface area contributed by atoms with Gasteiger partial charge in [-0.1, -0.05) is 30.3 Å². The largest absolute Gasteiger partial charge is 0.383 e. The van der Waals surface area contributed by atoms with Gasteiger partial charge in [0.25, 0.3) is 11.8 Å². The van der Waals surface area contributed by atoms with E-state index < -0.39 is 0 Å². The van der Waals surface area contributed by atoms with Gasteiger partial charge < -0.3 is 19.5 Å². The summed E-state index contributed by atoms with van der Waals surface area (Å²) in [7, 11) is 1.60. The summed E-state index contributed by atoms with van der Waals surface area (Å²) in [6.45, 7) is 2.77. The van der Waals surface area contributed by atoms with Crippen molar-refractivity contribution in [3.05, 3.63) is 53.6 Å². The van der Waals surface area contributed by atoms with Crippen molar-refractivity contribution in [2.75, 3.05) is 33.4 Å². The van der Waals surface area contributed by atoms with Crippen LogP contribution >= 0.6 is 0 Å². The van der Waals surface area contributed by atoms with E-state index >= 15 is 0 Å². The second-order valence-corrected chi connectivity index (χ2v) is 5.92. The van der Waals surface area contributed by atoms with E-state index in [1.54, 1.807) is 22.8 Å². The van der Waals surface area contributed by atoms with E-state index in [1.807, 2.05) is 30.3 Å². The molecule has 2 heterocycles. The number of nitrogens with zero attached hydrogens (tertiary/aromatic N) is 3. The van der Waals surface area contributed by atoms with Crippen LogP contribution < -0.4 is 5.32 Å². The predicted molar refractivity (Wildman–Crippen MR) is 92.5 cm³/mol. The smallest absolute Gasteiger partial charge is 0.290 e. The molecule has 3 rings (SSSR count). The number of carbonyl (C=O) groups excluding carboxylic acids is 2. The maximum atomic E-state index is 12.4. The number of methoxy groups -OCH3 is 1. The van der Waals surface area contributed by atoms with Gasteiger partial charge in [-0.05, 0) is 12.0 Å². The van der Waals surface area contributed by atoms with Gasteiger partial charge in [0.15, 0.2) is 5.82 Å². The van der Waals surface area contributed by atoms with Gasteiger partial charge in [0, 0.05) is 39.5 Å². The van der Waals surface area contributed by atoms with Crippen LogP contribution in [0.15, 0.2) is 36.5 Å². The summed E-state index contributed by atoms with van der Waals surface area (Å²) in [5.41, 5.74) is 1.45. The van der Waals surface area contributed by atoms with Gasteiger partial charge in [-0.15, -0.1) is 0 Å². The Balaban J connectivity index is 1.59. The number of ether oxygens (including phenoxy) is 1. The minimum absolute atomic E-state index is 0.161. The van der Waals surface area contributed by atoms with Crippen molar-refractivity contribution in [1.82, 2.24) is 19.8 Å². The number of hydrogen-bond acceptors (Lipinski definition) is 4. The summed E-state index contributed by atoms with van der Waals surface area (Å²) < 4.78 is 6.77. The van der Waals surface area contributed by atoms with E-state index in [1.165, 1.54) is 0 Å². The lowest BCUT2D eigenvalue weighted by atomic mass is 10.1. The fourth-order valence-electron chi connectivity index (χ4n) is 2.81. The quantitative estimate of drug-likeness (QED) is 0.813. The highest BCUT2D eigenvalue weighted by molar-refractivity contribution is 5.96. The maximum absolute atomic E-state index is 12.4. The minimum Gasteiger partial charge on any atom is -0.383 e. The Labute approximate surface area is 146 Å². The molecule has 2 aromatic rings. The molecule has 1 aromatic carbocycles. The van der Waals surface area contributed by atoms with Crippen molar-refractivity contribution in [3.63, 3.8) is 0 Å². The van der Waals surface area contributed by atoms with Crippen LogP contribution in [0.4, 0.5) is 0 Å². The second-order valence-electron chi connectivity index (χ2n) is 5.92. The fraction of sp³-hybridized carbons (Fsp3) is 0.389. The zero-order valence-electron chi connectivity index (χ0n) is 14.3. The number of rotatable bonds is 7. The molecule has 0 atom stereocenters. The summed E-state index contributed by atoms with van der Waals surface area (Å²) in [5, 5.41) is 2.86. The number of fused-ring (bicyclic) bond motifs is 1. The van der Waals surface area contributed by atoms with E-state index in [9.17, 15) is 9.59 Å². The van der Waals surface area contributed by atoms with Gasteiger partial charge >= 0.3 is 0 Å². The van der Waals surface area contributed by atoms with Crippen LogP contribution in [0, 0.1) is 0 Å². The zero-order chi connectivity index (χ0) is 17.6. The Morgan fingerprint density at radius 1 is 1.28 bits per heavy atom. The van der Waals surface area contributed by atoms with Crippen LogP contribution in [-0.2, 0) is 17.7 Å². The summed E-state index contributed by atoms with van der Waals surface area (Å²) in [6.07, 6.45) is 2.41. The molecular weight excluding hydrogens is 320 g/mol. The molecule has 2 amide bonds. The van der Waals surface area contributed by atoms with E-state index in [-0.39, 0.29) is 17.5 Å². The molecule has 1 aliphatic rings. The van der Waals surface area contributed by atoms with Gasteiger partial charge in [-0.3, -0.25) is 9.59 Å². The van der Waals surface area contributed by atoms with Crippen LogP contribution in [0.25, 0.3) is 0 Å². The van der Waals surface area contributed by atoms with E-state index in [0.29, 0.717) is 38.6 Å². The normalized spacial score (nSPS) is 13.6. The summed E-state index contributed by atoms with van der Waals surface area (Å²) in [6, 6.07) is 9.96. The Hall–Kier alpha value is -2.67. The first-order chi connectivity index (χ1) is 12.2. The molecule has 1 N–H and O–H groups in total. The van der Waals surface area contributed by atoms with Crippen LogP contribution in [0.3, 0.4) is 0 Å². The summed E-state index contributed by atoms with van der Waals surface area (Å²) in [4.78, 5) is 30.6. The third kappa shape index (κ3) is 4.06. The Kier molecular flexibility index (Phi) is 5.45. The fourth-order valence-corrected chi connectivity index (χ4v) is 2.81. The lowest BCUT2D eigenvalue weighted by molar-refractivity contribution is 0.0633. The maximum Gasteiger partial charge on any atom is 0.290 e. The number of carbonyl (C=O) groups is 2. The number of imidazole rings is 1. The highest BCUT2D eigenvalue weighted by Crippen LogP contribution is 2.13. The standard InChI is InChI=1S/C18H22N4O3/c1-25-12-11-21-9-10-22-13-15(20-16(22)18(21)24)17(23)19-8-7-14-5-3-2-4-6-14/h2-6,13H,7-12H2,1H3,(H,19,23). The molecule has 7 nitrogen and oxygen atoms in total. The number of benzene rings is 1. The van der Waals surface area contributed by atoms with Crippen molar-refractivity contribution in [2.45, 2.75) is 13.0 Å². The molecule has 0 bridgehead atoms. The van der Waals surface area contributed by atoms with Gasteiger partial charge in [-0.25, -0.2) is 4.98 Å². The highest BCUT2D eigenvalue weighted by Gasteiger charge is 2.27. The van der Waals surface area contributed by atoms with Crippen LogP contribution in [0.5, 0.6) is 0 Å². The van der Waals surface area contributed by atoms with Gasteiger partial charge in [0.1, 0.15) is 5.69 Å². The summed E-state index contributed by atoms with van der Waals surface area (Å²) in [5.74, 6) is -0.101. The Morgan fingerprint density at radius 3 is 2.84 bits per heavy atom. The predicted octanol–water partition coefficient (Wildman–Crippen LogP) is 0.958. The first-order valence-corrected chi connectivity index (χ1v) is 8.36. The van der Waals surface area contributed by atoms with Gasteiger partial charge in [-0.2, -0.15) is 0 Å². The average molecular weight is 342 g/mol. The second kappa shape index (κ2) is 7.94. The van der Waals surface area contributed by atoms with E-state index in [0.717, 1.165) is 12.0 Å². The number of nitrogens with one attached hydrogen (secondary N) is 1. The van der Waals surface area contributed by atoms with Crippen molar-refractivity contribution < 1.29 is 14.3 Å². The van der Waals surface area contributed by atoms with Crippen LogP contribution in [-0.4, -0.2) is 59.6 Å². The minimum atomic E-state index is -0.255. The van der Waals surface area contributed by atoms with Crippen molar-refractivity contribution >= 4 is 11.8 Å². The Morgan fingerprint density at radius 2 is 2.08 bits per heavy atom. The number of aromatic nitrogens is 2. The van der Waals surface area contributed by atoms with Crippen LogP contribution in [0.2, 0.25) is 0 Å². The molecule has 0 saturated carbocycles. The molecule has 0 saturated heterocycles. The molecule has 132 valence electrons. The van der Waals surface area contributed by atoms with Gasteiger partial charge in [0.2, 0.25) is 0 Å². The molecular formula is C18H22N4O3. The first-order valence-electron chi connectivity index (χ1n) is 8.36. The summed E-state index contributed by atoms with van der Waals surface area (Å²) >= 11 is 0. The monoisotopic (exact) mass is 342 g/mol. The SMILES string of the molecule is COCCN1CCn2cc(C(=O)NCCc3ccccc3)nc2C1=O. The molecule has 7 heteroatoms. The molecule has 0 spiro atoms. The van der Waals surface area contributed by atoms with Crippen molar-refractivity contribution in [2.24, 2.45) is 0 Å². The molecule has 0 unspecified atom stereocenters. The van der Waals surface area contributed by atoms with Crippen molar-refractivity contribution in [1.29, 1.82) is 0 Å². The molecule has 0 fully saturated rings. The average Bonchev–Trinajstić information content (AvgIpc) is 3.07. The van der Waals surface area contributed by atoms with Crippen LogP contribution in [0.1, 0.15) is 26.7 Å². The highest BCUT2D eigenvalue weighted by atomic mass is 16.5. The lowest BCUT2D eigenvalue weighted by Gasteiger charge is -2.26. The zero-order valence-corrected chi connectivity index (χ0v) is 14.3.